The molecule has 0 spiro atoms. The fourth-order valence-electron chi connectivity index (χ4n) is 0.0598. The normalized spacial score (nSPS) is 9.20. The van der Waals surface area contributed by atoms with Crippen LogP contribution in [0.25, 0.3) is 0 Å². The van der Waals surface area contributed by atoms with E-state index in [1.54, 1.807) is 0 Å². The van der Waals surface area contributed by atoms with Crippen LogP contribution >= 0.6 is 9.53 Å². The summed E-state index contributed by atoms with van der Waals surface area (Å²) in [6.45, 7) is 2.14. The van der Waals surface area contributed by atoms with E-state index >= 15 is 0 Å². The molecule has 0 heterocycles. The first-order valence-corrected chi connectivity index (χ1v) is 4.65. The molecular weight excluding hydrogens is 178 g/mol. The third-order valence-corrected chi connectivity index (χ3v) is 2.00. The van der Waals surface area contributed by atoms with Crippen LogP contribution in [0.5, 0.6) is 0 Å². The Kier molecular flexibility index (Phi) is 5.90. The molecule has 0 unspecified atom stereocenters. The minimum absolute atomic E-state index is 0.481. The first-order valence-electron chi connectivity index (χ1n) is 1.55. The van der Waals surface area contributed by atoms with Crippen molar-refractivity contribution in [2.75, 3.05) is 0 Å². The molecule has 0 amide bonds. The zero-order valence-electron chi connectivity index (χ0n) is 3.11. The van der Waals surface area contributed by atoms with Crippen LogP contribution in [0.4, 0.5) is 0 Å². The van der Waals surface area contributed by atoms with E-state index in [4.69, 9.17) is 9.53 Å². The maximum atomic E-state index is 5.35. The van der Waals surface area contributed by atoms with Gasteiger partial charge in [-0.2, -0.15) is 0 Å². The van der Waals surface area contributed by atoms with Gasteiger partial charge in [-0.3, -0.25) is 0 Å². The van der Waals surface area contributed by atoms with E-state index in [9.17, 15) is 0 Å². The second-order valence-corrected chi connectivity index (χ2v) is 2.94. The van der Waals surface area contributed by atoms with Gasteiger partial charge < -0.3 is 0 Å². The van der Waals surface area contributed by atoms with Crippen molar-refractivity contribution >= 4 is 9.53 Å². The van der Waals surface area contributed by atoms with E-state index in [2.05, 4.69) is 6.92 Å². The van der Waals surface area contributed by atoms with E-state index in [1.165, 1.54) is 11.3 Å². The summed E-state index contributed by atoms with van der Waals surface area (Å²) in [4.78, 5) is 1.20. The Bertz CT molecular complexity index is 14.4. The van der Waals surface area contributed by atoms with Gasteiger partial charge in [-0.1, -0.05) is 0 Å². The third kappa shape index (κ3) is 4.95. The molecule has 5 heavy (non-hydrogen) atoms. The maximum absolute atomic E-state index is 5.35. The molecule has 0 aromatic rings. The van der Waals surface area contributed by atoms with E-state index < -0.39 is 0 Å². The Labute approximate surface area is 45.0 Å². The van der Waals surface area contributed by atoms with Gasteiger partial charge in [-0.15, -0.1) is 0 Å². The van der Waals surface area contributed by atoms with Gasteiger partial charge in [0.15, 0.2) is 0 Å². The van der Waals surface area contributed by atoms with Crippen molar-refractivity contribution < 1.29 is 17.0 Å². The van der Waals surface area contributed by atoms with Crippen LogP contribution in [-0.4, -0.2) is 0 Å². The van der Waals surface area contributed by atoms with Crippen LogP contribution in [-0.2, 0) is 17.0 Å². The van der Waals surface area contributed by atoms with Crippen LogP contribution in [0.1, 0.15) is 13.3 Å². The average Bonchev–Trinajstić information content (AvgIpc) is 1.41. The Morgan fingerprint density at radius 3 is 2.40 bits per heavy atom. The van der Waals surface area contributed by atoms with Crippen molar-refractivity contribution in [1.29, 1.82) is 0 Å². The molecule has 0 rings (SSSR count). The van der Waals surface area contributed by atoms with Crippen LogP contribution in [0.3, 0.4) is 0 Å². The first kappa shape index (κ1) is 5.95. The van der Waals surface area contributed by atoms with Gasteiger partial charge in [-0.05, 0) is 0 Å². The summed E-state index contributed by atoms with van der Waals surface area (Å²) in [5.74, 6) is 0. The molecule has 0 saturated heterocycles. The van der Waals surface area contributed by atoms with E-state index in [-0.39, 0.29) is 0 Å². The standard InChI is InChI=1S/C3H7.ClH.Pd/c1-3-2;;/h1,3H2,2H3;1H;/q;;+1/p-1. The molecule has 0 aliphatic rings. The summed E-state index contributed by atoms with van der Waals surface area (Å²) in [6, 6.07) is 0. The molecule has 36 valence electrons. The van der Waals surface area contributed by atoms with Gasteiger partial charge in [0, 0.05) is 0 Å². The quantitative estimate of drug-likeness (QED) is 0.577. The summed E-state index contributed by atoms with van der Waals surface area (Å²) >= 11 is 0.481. The Morgan fingerprint density at radius 1 is 1.80 bits per heavy atom. The number of hydrogen-bond acceptors (Lipinski definition) is 0. The fraction of sp³-hybridized carbons (Fsp3) is 1.00. The van der Waals surface area contributed by atoms with Gasteiger partial charge in [0.25, 0.3) is 0 Å². The van der Waals surface area contributed by atoms with Crippen molar-refractivity contribution in [2.24, 2.45) is 0 Å². The zero-order chi connectivity index (χ0) is 4.12. The molecule has 0 atom stereocenters. The fourth-order valence-corrected chi connectivity index (χ4v) is 1.06. The monoisotopic (exact) mass is 184 g/mol. The Balaban J connectivity index is 2.19. The molecule has 0 radical (unpaired) electrons. The van der Waals surface area contributed by atoms with Crippen LogP contribution in [0.15, 0.2) is 0 Å². The molecule has 0 saturated carbocycles. The molecular formula is C3H7ClPd. The molecule has 0 aliphatic heterocycles. The van der Waals surface area contributed by atoms with Gasteiger partial charge in [-0.25, -0.2) is 0 Å². The Morgan fingerprint density at radius 2 is 2.40 bits per heavy atom. The average molecular weight is 185 g/mol. The van der Waals surface area contributed by atoms with Crippen molar-refractivity contribution in [3.63, 3.8) is 0 Å². The van der Waals surface area contributed by atoms with Gasteiger partial charge in [0.2, 0.25) is 0 Å². The second-order valence-electron chi connectivity index (χ2n) is 0.743. The first-order chi connectivity index (χ1) is 2.41. The summed E-state index contributed by atoms with van der Waals surface area (Å²) in [7, 11) is 5.35. The molecule has 0 fully saturated rings. The van der Waals surface area contributed by atoms with Crippen molar-refractivity contribution in [2.45, 2.75) is 18.2 Å². The molecule has 0 bridgehead atoms. The van der Waals surface area contributed by atoms with Crippen molar-refractivity contribution in [3.8, 4) is 0 Å². The Hall–Kier alpha value is 0.952. The second kappa shape index (κ2) is 4.95. The number of rotatable bonds is 2. The summed E-state index contributed by atoms with van der Waals surface area (Å²) in [5.41, 5.74) is 0. The van der Waals surface area contributed by atoms with E-state index in [1.807, 2.05) is 0 Å². The topological polar surface area (TPSA) is 0 Å². The third-order valence-electron chi connectivity index (χ3n) is 0.218. The molecule has 0 N–H and O–H groups in total. The van der Waals surface area contributed by atoms with Crippen LogP contribution in [0.2, 0.25) is 4.89 Å². The zero-order valence-corrected chi connectivity index (χ0v) is 5.42. The van der Waals surface area contributed by atoms with Crippen LogP contribution < -0.4 is 0 Å². The molecule has 0 nitrogen and oxygen atoms in total. The van der Waals surface area contributed by atoms with Gasteiger partial charge in [0.05, 0.1) is 0 Å². The predicted octanol–water partition coefficient (Wildman–Crippen LogP) is 2.05. The van der Waals surface area contributed by atoms with Crippen LogP contribution in [0, 0.1) is 0 Å². The summed E-state index contributed by atoms with van der Waals surface area (Å²) in [5, 5.41) is 0. The molecule has 0 aliphatic carbocycles. The SMILES string of the molecule is CC[CH2][Pd][Cl]. The minimum atomic E-state index is 0.481. The van der Waals surface area contributed by atoms with E-state index in [0.29, 0.717) is 17.0 Å². The summed E-state index contributed by atoms with van der Waals surface area (Å²) in [6.07, 6.45) is 1.23. The van der Waals surface area contributed by atoms with Gasteiger partial charge in [0.1, 0.15) is 0 Å². The van der Waals surface area contributed by atoms with Crippen molar-refractivity contribution in [1.82, 2.24) is 0 Å². The molecule has 0 aromatic carbocycles. The molecule has 0 aromatic heterocycles. The van der Waals surface area contributed by atoms with E-state index in [0.717, 1.165) is 0 Å². The molecule has 2 heteroatoms. The summed E-state index contributed by atoms with van der Waals surface area (Å²) < 4.78 is 0. The number of halogens is 1. The predicted molar refractivity (Wildman–Crippen MR) is 21.0 cm³/mol. The van der Waals surface area contributed by atoms with Gasteiger partial charge >= 0.3 is 44.7 Å². The van der Waals surface area contributed by atoms with Crippen molar-refractivity contribution in [3.05, 3.63) is 0 Å². The number of hydrogen-bond donors (Lipinski definition) is 0.